The first kappa shape index (κ1) is 14.0. The minimum Gasteiger partial charge on any atom is -0.258 e. The molecule has 1 aromatic carbocycles. The highest BCUT2D eigenvalue weighted by Crippen LogP contribution is 2.30. The van der Waals surface area contributed by atoms with Crippen LogP contribution in [0.25, 0.3) is 0 Å². The van der Waals surface area contributed by atoms with Crippen LogP contribution in [0.1, 0.15) is 26.3 Å². The highest BCUT2D eigenvalue weighted by molar-refractivity contribution is 6.18. The van der Waals surface area contributed by atoms with Gasteiger partial charge in [-0.15, -0.1) is 11.6 Å². The SMILES string of the molecule is CC(C)(C)C(CCl)Cc1ccc([N+](=O)[O-])cc1. The summed E-state index contributed by atoms with van der Waals surface area (Å²) in [6.45, 7) is 6.47. The Labute approximate surface area is 107 Å². The highest BCUT2D eigenvalue weighted by atomic mass is 35.5. The monoisotopic (exact) mass is 255 g/mol. The molecule has 4 heteroatoms. The van der Waals surface area contributed by atoms with Crippen LogP contribution in [0.15, 0.2) is 24.3 Å². The maximum Gasteiger partial charge on any atom is 0.269 e. The fraction of sp³-hybridized carbons (Fsp3) is 0.538. The second-order valence-corrected chi connectivity index (χ2v) is 5.65. The molecule has 1 rings (SSSR count). The van der Waals surface area contributed by atoms with Gasteiger partial charge in [-0.3, -0.25) is 10.1 Å². The van der Waals surface area contributed by atoms with Gasteiger partial charge in [0.05, 0.1) is 4.92 Å². The van der Waals surface area contributed by atoms with Crippen molar-refractivity contribution in [1.29, 1.82) is 0 Å². The van der Waals surface area contributed by atoms with Crippen LogP contribution < -0.4 is 0 Å². The molecule has 0 aromatic heterocycles. The van der Waals surface area contributed by atoms with Crippen LogP contribution >= 0.6 is 11.6 Å². The number of halogens is 1. The van der Waals surface area contributed by atoms with E-state index < -0.39 is 0 Å². The summed E-state index contributed by atoms with van der Waals surface area (Å²) in [5.74, 6) is 0.964. The van der Waals surface area contributed by atoms with Crippen molar-refractivity contribution in [2.24, 2.45) is 11.3 Å². The molecule has 0 spiro atoms. The number of non-ortho nitro benzene ring substituents is 1. The number of nitro groups is 1. The molecular formula is C13H18ClNO2. The van der Waals surface area contributed by atoms with Crippen molar-refractivity contribution < 1.29 is 4.92 Å². The summed E-state index contributed by atoms with van der Waals surface area (Å²) in [5.41, 5.74) is 1.37. The van der Waals surface area contributed by atoms with Crippen molar-refractivity contribution in [3.05, 3.63) is 39.9 Å². The number of nitrogens with zero attached hydrogens (tertiary/aromatic N) is 1. The maximum absolute atomic E-state index is 10.5. The molecule has 0 saturated heterocycles. The first-order valence-corrected chi connectivity index (χ1v) is 6.17. The molecule has 0 N–H and O–H groups in total. The van der Waals surface area contributed by atoms with E-state index in [0.29, 0.717) is 11.8 Å². The second kappa shape index (κ2) is 5.50. The Kier molecular flexibility index (Phi) is 4.52. The summed E-state index contributed by atoms with van der Waals surface area (Å²) < 4.78 is 0. The summed E-state index contributed by atoms with van der Waals surface area (Å²) in [4.78, 5) is 10.2. The van der Waals surface area contributed by atoms with E-state index in [1.807, 2.05) is 12.1 Å². The van der Waals surface area contributed by atoms with Crippen LogP contribution in [-0.2, 0) is 6.42 Å². The quantitative estimate of drug-likeness (QED) is 0.463. The van der Waals surface area contributed by atoms with Crippen molar-refractivity contribution >= 4 is 17.3 Å². The van der Waals surface area contributed by atoms with Crippen LogP contribution in [-0.4, -0.2) is 10.8 Å². The van der Waals surface area contributed by atoms with Gasteiger partial charge in [-0.05, 0) is 23.3 Å². The first-order valence-electron chi connectivity index (χ1n) is 5.64. The van der Waals surface area contributed by atoms with Crippen LogP contribution in [0.5, 0.6) is 0 Å². The van der Waals surface area contributed by atoms with Crippen molar-refractivity contribution in [3.8, 4) is 0 Å². The van der Waals surface area contributed by atoms with E-state index in [-0.39, 0.29) is 16.0 Å². The molecule has 0 aliphatic rings. The summed E-state index contributed by atoms with van der Waals surface area (Å²) in [6.07, 6.45) is 0.852. The van der Waals surface area contributed by atoms with Gasteiger partial charge in [-0.25, -0.2) is 0 Å². The largest absolute Gasteiger partial charge is 0.269 e. The fourth-order valence-corrected chi connectivity index (χ4v) is 2.20. The van der Waals surface area contributed by atoms with Gasteiger partial charge in [0.25, 0.3) is 5.69 Å². The lowest BCUT2D eigenvalue weighted by molar-refractivity contribution is -0.384. The number of hydrogen-bond acceptors (Lipinski definition) is 2. The molecule has 0 fully saturated rings. The molecule has 17 heavy (non-hydrogen) atoms. The molecule has 3 nitrogen and oxygen atoms in total. The Hall–Kier alpha value is -1.09. The van der Waals surface area contributed by atoms with Gasteiger partial charge >= 0.3 is 0 Å². The second-order valence-electron chi connectivity index (χ2n) is 5.34. The Balaban J connectivity index is 2.78. The van der Waals surface area contributed by atoms with Crippen LogP contribution in [0, 0.1) is 21.4 Å². The third-order valence-corrected chi connectivity index (χ3v) is 3.41. The zero-order valence-electron chi connectivity index (χ0n) is 10.4. The normalized spacial score (nSPS) is 13.4. The number of rotatable bonds is 4. The van der Waals surface area contributed by atoms with Gasteiger partial charge in [-0.2, -0.15) is 0 Å². The van der Waals surface area contributed by atoms with Crippen LogP contribution in [0.2, 0.25) is 0 Å². The minimum absolute atomic E-state index is 0.131. The standard InChI is InChI=1S/C13H18ClNO2/c1-13(2,3)11(9-14)8-10-4-6-12(7-5-10)15(16)17/h4-7,11H,8-9H2,1-3H3. The molecule has 0 aliphatic carbocycles. The summed E-state index contributed by atoms with van der Waals surface area (Å²) in [5, 5.41) is 10.5. The van der Waals surface area contributed by atoms with Gasteiger partial charge in [0.2, 0.25) is 0 Å². The Bertz CT molecular complexity index is 381. The predicted molar refractivity (Wildman–Crippen MR) is 70.5 cm³/mol. The summed E-state index contributed by atoms with van der Waals surface area (Å²) >= 11 is 5.98. The molecule has 0 bridgehead atoms. The smallest absolute Gasteiger partial charge is 0.258 e. The number of nitro benzene ring substituents is 1. The molecule has 0 aliphatic heterocycles. The number of hydrogen-bond donors (Lipinski definition) is 0. The lowest BCUT2D eigenvalue weighted by atomic mass is 9.78. The summed E-state index contributed by atoms with van der Waals surface area (Å²) in [7, 11) is 0. The molecule has 1 unspecified atom stereocenters. The van der Waals surface area contributed by atoms with E-state index in [1.54, 1.807) is 12.1 Å². The zero-order chi connectivity index (χ0) is 13.1. The molecule has 0 amide bonds. The lowest BCUT2D eigenvalue weighted by Crippen LogP contribution is -2.24. The minimum atomic E-state index is -0.382. The fourth-order valence-electron chi connectivity index (χ4n) is 1.63. The van der Waals surface area contributed by atoms with Crippen molar-refractivity contribution in [2.75, 3.05) is 5.88 Å². The molecule has 1 atom stereocenters. The van der Waals surface area contributed by atoms with E-state index in [1.165, 1.54) is 0 Å². The van der Waals surface area contributed by atoms with Crippen molar-refractivity contribution in [1.82, 2.24) is 0 Å². The number of alkyl halides is 1. The van der Waals surface area contributed by atoms with Crippen molar-refractivity contribution in [3.63, 3.8) is 0 Å². The first-order chi connectivity index (χ1) is 7.84. The van der Waals surface area contributed by atoms with E-state index in [2.05, 4.69) is 20.8 Å². The van der Waals surface area contributed by atoms with E-state index in [4.69, 9.17) is 11.6 Å². The average molecular weight is 256 g/mol. The molecular weight excluding hydrogens is 238 g/mol. The van der Waals surface area contributed by atoms with E-state index in [9.17, 15) is 10.1 Å². The van der Waals surface area contributed by atoms with Gasteiger partial charge in [0, 0.05) is 18.0 Å². The van der Waals surface area contributed by atoms with E-state index >= 15 is 0 Å². The molecule has 94 valence electrons. The molecule has 1 aromatic rings. The molecule has 0 saturated carbocycles. The van der Waals surface area contributed by atoms with Gasteiger partial charge in [-0.1, -0.05) is 32.9 Å². The van der Waals surface area contributed by atoms with Gasteiger partial charge in [0.1, 0.15) is 0 Å². The third-order valence-electron chi connectivity index (χ3n) is 3.04. The van der Waals surface area contributed by atoms with Gasteiger partial charge < -0.3 is 0 Å². The van der Waals surface area contributed by atoms with Crippen LogP contribution in [0.4, 0.5) is 5.69 Å². The zero-order valence-corrected chi connectivity index (χ0v) is 11.2. The van der Waals surface area contributed by atoms with Crippen molar-refractivity contribution in [2.45, 2.75) is 27.2 Å². The highest BCUT2D eigenvalue weighted by Gasteiger charge is 2.23. The Morgan fingerprint density at radius 1 is 1.29 bits per heavy atom. The van der Waals surface area contributed by atoms with Crippen LogP contribution in [0.3, 0.4) is 0 Å². The van der Waals surface area contributed by atoms with Gasteiger partial charge in [0.15, 0.2) is 0 Å². The third kappa shape index (κ3) is 4.00. The Morgan fingerprint density at radius 2 is 1.82 bits per heavy atom. The number of benzene rings is 1. The summed E-state index contributed by atoms with van der Waals surface area (Å²) in [6, 6.07) is 6.71. The Morgan fingerprint density at radius 3 is 2.18 bits per heavy atom. The topological polar surface area (TPSA) is 43.1 Å². The van der Waals surface area contributed by atoms with E-state index in [0.717, 1.165) is 12.0 Å². The predicted octanol–water partition coefficient (Wildman–Crippen LogP) is 4.04. The average Bonchev–Trinajstić information content (AvgIpc) is 2.24. The lowest BCUT2D eigenvalue weighted by Gasteiger charge is -2.29. The maximum atomic E-state index is 10.5. The molecule has 0 radical (unpaired) electrons. The molecule has 0 heterocycles.